The van der Waals surface area contributed by atoms with Gasteiger partial charge in [-0.15, -0.1) is 0 Å². The van der Waals surface area contributed by atoms with Gasteiger partial charge in [0, 0.05) is 17.6 Å². The first-order chi connectivity index (χ1) is 18.8. The van der Waals surface area contributed by atoms with E-state index in [2.05, 4.69) is 10.7 Å². The van der Waals surface area contributed by atoms with Crippen LogP contribution in [-0.2, 0) is 14.4 Å². The highest BCUT2D eigenvalue weighted by atomic mass is 16.6. The van der Waals surface area contributed by atoms with E-state index in [-0.39, 0.29) is 30.5 Å². The van der Waals surface area contributed by atoms with Crippen LogP contribution in [0.4, 0.5) is 0 Å². The monoisotopic (exact) mass is 569 g/mol. The van der Waals surface area contributed by atoms with Gasteiger partial charge >= 0.3 is 11.9 Å². The number of aliphatic hydroxyl groups excluding tert-OH is 1. The quantitative estimate of drug-likeness (QED) is 0.233. The number of benzene rings is 2. The molecule has 0 spiro atoms. The van der Waals surface area contributed by atoms with E-state index in [1.54, 1.807) is 82.9 Å². The van der Waals surface area contributed by atoms with Gasteiger partial charge in [0.05, 0.1) is 23.5 Å². The third kappa shape index (κ3) is 10.3. The summed E-state index contributed by atoms with van der Waals surface area (Å²) in [6, 6.07) is 13.0. The Hall–Kier alpha value is -3.76. The Kier molecular flexibility index (Phi) is 10.8. The Morgan fingerprint density at radius 2 is 1.34 bits per heavy atom. The van der Waals surface area contributed by atoms with Gasteiger partial charge in [-0.1, -0.05) is 24.3 Å². The number of carbonyl (C=O) groups is 4. The Labute approximate surface area is 242 Å². The van der Waals surface area contributed by atoms with Crippen LogP contribution < -0.4 is 20.2 Å². The Bertz CT molecular complexity index is 1240. The molecule has 0 radical (unpaired) electrons. The molecule has 224 valence electrons. The third-order valence-electron chi connectivity index (χ3n) is 5.85. The summed E-state index contributed by atoms with van der Waals surface area (Å²) in [5.74, 6) is -1.87. The van der Waals surface area contributed by atoms with Gasteiger partial charge in [0.1, 0.15) is 0 Å². The molecule has 1 atom stereocenters. The van der Waals surface area contributed by atoms with E-state index >= 15 is 0 Å². The third-order valence-corrected chi connectivity index (χ3v) is 5.85. The van der Waals surface area contributed by atoms with Crippen molar-refractivity contribution in [3.63, 3.8) is 0 Å². The van der Waals surface area contributed by atoms with Gasteiger partial charge in [0.2, 0.25) is 0 Å². The summed E-state index contributed by atoms with van der Waals surface area (Å²) in [6.45, 7) is 15.5. The number of nitrogens with one attached hydrogen (secondary N) is 2. The highest BCUT2D eigenvalue weighted by Crippen LogP contribution is 2.34. The van der Waals surface area contributed by atoms with Gasteiger partial charge in [-0.3, -0.25) is 24.6 Å². The molecule has 0 aliphatic carbocycles. The first kappa shape index (κ1) is 33.4. The molecule has 0 aliphatic heterocycles. The molecule has 2 amide bonds. The molecule has 0 fully saturated rings. The van der Waals surface area contributed by atoms with Crippen molar-refractivity contribution in [3.05, 3.63) is 59.7 Å². The molecular weight excluding hydrogens is 526 g/mol. The zero-order chi connectivity index (χ0) is 31.2. The second kappa shape index (κ2) is 13.3. The van der Waals surface area contributed by atoms with Crippen molar-refractivity contribution in [3.8, 4) is 11.5 Å². The zero-order valence-electron chi connectivity index (χ0n) is 25.5. The predicted octanol–water partition coefficient (Wildman–Crippen LogP) is 4.18. The maximum absolute atomic E-state index is 12.7. The first-order valence-corrected chi connectivity index (χ1v) is 13.5. The minimum atomic E-state index is -1.13. The van der Waals surface area contributed by atoms with Gasteiger partial charge in [0.25, 0.3) is 11.8 Å². The summed E-state index contributed by atoms with van der Waals surface area (Å²) in [5, 5.41) is 15.3. The fraction of sp³-hybridized carbons (Fsp3) is 0.484. The SMILES string of the molecule is CC(C)(C)C(=O)Oc1ccc(C(O)CN(NC(=O)CNC(=O)c2ccccc2)C(C)(C)C)cc1OC(=O)C(C)(C)C. The molecule has 2 aromatic carbocycles. The number of esters is 2. The zero-order valence-corrected chi connectivity index (χ0v) is 25.5. The van der Waals surface area contributed by atoms with E-state index in [1.165, 1.54) is 12.1 Å². The molecule has 0 aromatic heterocycles. The van der Waals surface area contributed by atoms with Gasteiger partial charge in [-0.25, -0.2) is 5.01 Å². The summed E-state index contributed by atoms with van der Waals surface area (Å²) >= 11 is 0. The molecule has 41 heavy (non-hydrogen) atoms. The molecule has 1 unspecified atom stereocenters. The minimum Gasteiger partial charge on any atom is -0.422 e. The number of hydrogen-bond donors (Lipinski definition) is 3. The lowest BCUT2D eigenvalue weighted by molar-refractivity contribution is -0.145. The number of rotatable bonds is 9. The number of aliphatic hydroxyl groups is 1. The Balaban J connectivity index is 2.22. The van der Waals surface area contributed by atoms with Crippen molar-refractivity contribution in [1.29, 1.82) is 0 Å². The average Bonchev–Trinajstić information content (AvgIpc) is 2.86. The molecule has 10 heteroatoms. The van der Waals surface area contributed by atoms with E-state index < -0.39 is 40.3 Å². The molecule has 2 aromatic rings. The number of carbonyl (C=O) groups excluding carboxylic acids is 4. The molecular formula is C31H43N3O7. The lowest BCUT2D eigenvalue weighted by atomic mass is 9.97. The van der Waals surface area contributed by atoms with Crippen molar-refractivity contribution in [2.75, 3.05) is 13.1 Å². The molecule has 0 aliphatic rings. The molecule has 0 bridgehead atoms. The van der Waals surface area contributed by atoms with Crippen LogP contribution in [0.15, 0.2) is 48.5 Å². The van der Waals surface area contributed by atoms with Gasteiger partial charge < -0.3 is 19.9 Å². The summed E-state index contributed by atoms with van der Waals surface area (Å²) < 4.78 is 11.1. The van der Waals surface area contributed by atoms with Crippen LogP contribution in [0.2, 0.25) is 0 Å². The van der Waals surface area contributed by atoms with E-state index in [0.717, 1.165) is 0 Å². The summed E-state index contributed by atoms with van der Waals surface area (Å²) in [7, 11) is 0. The number of nitrogens with zero attached hydrogens (tertiary/aromatic N) is 1. The van der Waals surface area contributed by atoms with Crippen molar-refractivity contribution < 1.29 is 33.8 Å². The number of β-amino-alcohol motifs (C(OH)–C–C–N with tert-alkyl or cyclic N) is 1. The number of ether oxygens (including phenoxy) is 2. The van der Waals surface area contributed by atoms with Crippen LogP contribution in [0.3, 0.4) is 0 Å². The van der Waals surface area contributed by atoms with Crippen LogP contribution >= 0.6 is 0 Å². The second-order valence-electron chi connectivity index (χ2n) is 12.9. The maximum Gasteiger partial charge on any atom is 0.316 e. The standard InChI is InChI=1S/C31H43N3O7/c1-29(2,3)27(38)40-23-16-15-21(17-24(23)41-28(39)30(4,5)6)22(35)19-34(31(7,8)9)33-25(36)18-32-26(37)20-13-11-10-12-14-20/h10-17,22,35H,18-19H2,1-9H3,(H,32,37)(H,33,36). The van der Waals surface area contributed by atoms with E-state index in [0.29, 0.717) is 11.1 Å². The fourth-order valence-electron chi connectivity index (χ4n) is 3.21. The highest BCUT2D eigenvalue weighted by molar-refractivity contribution is 5.96. The van der Waals surface area contributed by atoms with E-state index in [1.807, 2.05) is 20.8 Å². The van der Waals surface area contributed by atoms with E-state index in [9.17, 15) is 24.3 Å². The first-order valence-electron chi connectivity index (χ1n) is 13.5. The lowest BCUT2D eigenvalue weighted by Gasteiger charge is -2.37. The van der Waals surface area contributed by atoms with Crippen LogP contribution in [0, 0.1) is 10.8 Å². The highest BCUT2D eigenvalue weighted by Gasteiger charge is 2.30. The molecule has 10 nitrogen and oxygen atoms in total. The Morgan fingerprint density at radius 1 is 0.805 bits per heavy atom. The van der Waals surface area contributed by atoms with Gasteiger partial charge in [0.15, 0.2) is 11.5 Å². The fourth-order valence-corrected chi connectivity index (χ4v) is 3.21. The Morgan fingerprint density at radius 3 is 1.85 bits per heavy atom. The van der Waals surface area contributed by atoms with Crippen molar-refractivity contribution in [1.82, 2.24) is 15.8 Å². The van der Waals surface area contributed by atoms with Gasteiger partial charge in [-0.2, -0.15) is 0 Å². The molecule has 3 N–H and O–H groups in total. The largest absolute Gasteiger partial charge is 0.422 e. The normalized spacial score (nSPS) is 12.9. The van der Waals surface area contributed by atoms with Crippen molar-refractivity contribution >= 4 is 23.8 Å². The maximum atomic E-state index is 12.7. The summed E-state index contributed by atoms with van der Waals surface area (Å²) in [5.41, 5.74) is 1.32. The number of hydrazine groups is 1. The second-order valence-corrected chi connectivity index (χ2v) is 12.9. The van der Waals surface area contributed by atoms with Crippen LogP contribution in [0.25, 0.3) is 0 Å². The molecule has 2 rings (SSSR count). The average molecular weight is 570 g/mol. The van der Waals surface area contributed by atoms with E-state index in [4.69, 9.17) is 9.47 Å². The number of amides is 2. The topological polar surface area (TPSA) is 134 Å². The van der Waals surface area contributed by atoms with Crippen LogP contribution in [0.1, 0.15) is 84.3 Å². The van der Waals surface area contributed by atoms with Crippen LogP contribution in [0.5, 0.6) is 11.5 Å². The molecule has 0 heterocycles. The minimum absolute atomic E-state index is 0.00552. The van der Waals surface area contributed by atoms with Crippen molar-refractivity contribution in [2.45, 2.75) is 74.0 Å². The number of hydrogen-bond acceptors (Lipinski definition) is 8. The van der Waals surface area contributed by atoms with Crippen molar-refractivity contribution in [2.24, 2.45) is 10.8 Å². The molecule has 0 saturated heterocycles. The summed E-state index contributed by atoms with van der Waals surface area (Å²) in [6.07, 6.45) is -1.13. The smallest absolute Gasteiger partial charge is 0.316 e. The predicted molar refractivity (Wildman–Crippen MR) is 155 cm³/mol. The molecule has 0 saturated carbocycles. The van der Waals surface area contributed by atoms with Crippen LogP contribution in [-0.4, -0.2) is 52.5 Å². The lowest BCUT2D eigenvalue weighted by Crippen LogP contribution is -2.56. The van der Waals surface area contributed by atoms with Gasteiger partial charge in [-0.05, 0) is 92.1 Å². The summed E-state index contributed by atoms with van der Waals surface area (Å²) in [4.78, 5) is 50.2.